The van der Waals surface area contributed by atoms with Crippen molar-refractivity contribution in [1.82, 2.24) is 0 Å². The summed E-state index contributed by atoms with van der Waals surface area (Å²) in [4.78, 5) is 0. The Hall–Kier alpha value is 0.700. The molecule has 0 aromatic heterocycles. The van der Waals surface area contributed by atoms with Crippen molar-refractivity contribution in [2.75, 3.05) is 0 Å². The fraction of sp³-hybridized carbons (Fsp3) is 1.00. The Morgan fingerprint density at radius 3 is 1.18 bits per heavy atom. The smallest absolute Gasteiger partial charge is 0.0110 e. The van der Waals surface area contributed by atoms with E-state index in [1.54, 1.807) is 0 Å². The van der Waals surface area contributed by atoms with E-state index in [1.165, 1.54) is 25.7 Å². The van der Waals surface area contributed by atoms with E-state index in [4.69, 9.17) is 25.3 Å². The van der Waals surface area contributed by atoms with Gasteiger partial charge in [-0.3, -0.25) is 0 Å². The summed E-state index contributed by atoms with van der Waals surface area (Å²) in [6.45, 7) is 15.2. The average molecular weight is 339 g/mol. The molecular weight excluding hydrogens is 304 g/mol. The van der Waals surface area contributed by atoms with Crippen LogP contribution in [0.2, 0.25) is 0 Å². The Kier molecular flexibility index (Phi) is 3.14. The molecule has 0 heterocycles. The maximum Gasteiger partial charge on any atom is 0.0110 e. The van der Waals surface area contributed by atoms with Crippen LogP contribution in [-0.4, -0.2) is 10.5 Å². The molecule has 0 radical (unpaired) electrons. The zero-order valence-corrected chi connectivity index (χ0v) is 17.0. The summed E-state index contributed by atoms with van der Waals surface area (Å²) in [7, 11) is 0. The van der Waals surface area contributed by atoms with Crippen molar-refractivity contribution in [3.63, 3.8) is 0 Å². The van der Waals surface area contributed by atoms with Crippen molar-refractivity contribution in [3.05, 3.63) is 0 Å². The second-order valence-electron chi connectivity index (χ2n) is 10.6. The van der Waals surface area contributed by atoms with Gasteiger partial charge in [0.15, 0.2) is 0 Å². The van der Waals surface area contributed by atoms with Gasteiger partial charge in [-0.25, -0.2) is 0 Å². The van der Waals surface area contributed by atoms with E-state index in [0.717, 1.165) is 23.7 Å². The van der Waals surface area contributed by atoms with E-state index in [-0.39, 0.29) is 0 Å². The molecule has 0 nitrogen and oxygen atoms in total. The van der Waals surface area contributed by atoms with E-state index in [2.05, 4.69) is 41.5 Å². The number of hydrogen-bond donors (Lipinski definition) is 2. The van der Waals surface area contributed by atoms with Crippen LogP contribution in [0.4, 0.5) is 0 Å². The van der Waals surface area contributed by atoms with E-state index in [9.17, 15) is 0 Å². The van der Waals surface area contributed by atoms with Crippen LogP contribution in [0.15, 0.2) is 0 Å². The minimum Gasteiger partial charge on any atom is -0.175 e. The molecule has 0 unspecified atom stereocenters. The summed E-state index contributed by atoms with van der Waals surface area (Å²) in [6.07, 6.45) is 5.60. The normalized spacial score (nSPS) is 61.1. The quantitative estimate of drug-likeness (QED) is 0.561. The predicted molar refractivity (Wildman–Crippen MR) is 102 cm³/mol. The Bertz CT molecular complexity index is 464. The maximum absolute atomic E-state index is 5.25. The van der Waals surface area contributed by atoms with E-state index in [0.29, 0.717) is 32.2 Å². The van der Waals surface area contributed by atoms with Crippen molar-refractivity contribution in [1.29, 1.82) is 0 Å². The van der Waals surface area contributed by atoms with Gasteiger partial charge in [-0.2, -0.15) is 25.3 Å². The fourth-order valence-corrected chi connectivity index (χ4v) is 9.51. The molecule has 4 aliphatic carbocycles. The highest BCUT2D eigenvalue weighted by atomic mass is 32.1. The molecule has 0 aliphatic heterocycles. The van der Waals surface area contributed by atoms with Gasteiger partial charge in [0.2, 0.25) is 0 Å². The van der Waals surface area contributed by atoms with Crippen LogP contribution < -0.4 is 0 Å². The first-order valence-corrected chi connectivity index (χ1v) is 10.4. The minimum atomic E-state index is 0.422. The second-order valence-corrected chi connectivity index (χ2v) is 11.7. The molecule has 8 atom stereocenters. The van der Waals surface area contributed by atoms with E-state index in [1.807, 2.05) is 0 Å². The summed E-state index contributed by atoms with van der Waals surface area (Å²) < 4.78 is 0. The second kappa shape index (κ2) is 4.26. The molecule has 22 heavy (non-hydrogen) atoms. The SMILES string of the molecule is CC1(C)[C@@H]2CC[C@@]1(C)[C@@H](S)[C@@H]2[C@@H]1[C@H]2CC[C@@](C)([C@H]1S)C2(C)C. The standard InChI is InChI=1S/C20H34S2/c1-17(2)11-7-9-19(17,5)15(21)13(11)14-12-8-10-20(6,16(14)22)18(12,3)4/h11-16,21-22H,7-10H2,1-6H3/t11-,12-,13+,14+,15+,16+,19+,20+/m1/s1. The molecule has 0 saturated heterocycles. The van der Waals surface area contributed by atoms with Crippen LogP contribution in [0.3, 0.4) is 0 Å². The van der Waals surface area contributed by atoms with Gasteiger partial charge in [-0.15, -0.1) is 0 Å². The molecule has 0 aromatic rings. The molecule has 0 amide bonds. The van der Waals surface area contributed by atoms with E-state index < -0.39 is 0 Å². The first-order chi connectivity index (χ1) is 10.00. The van der Waals surface area contributed by atoms with Gasteiger partial charge in [0.25, 0.3) is 0 Å². The lowest BCUT2D eigenvalue weighted by atomic mass is 9.68. The molecule has 126 valence electrons. The van der Waals surface area contributed by atoms with Crippen molar-refractivity contribution < 1.29 is 0 Å². The maximum atomic E-state index is 5.25. The summed E-state index contributed by atoms with van der Waals surface area (Å²) >= 11 is 10.5. The molecule has 4 rings (SSSR count). The predicted octanol–water partition coefficient (Wildman–Crippen LogP) is 5.73. The Morgan fingerprint density at radius 2 is 0.955 bits per heavy atom. The van der Waals surface area contributed by atoms with Crippen LogP contribution in [0.1, 0.15) is 67.2 Å². The van der Waals surface area contributed by atoms with Crippen molar-refractivity contribution in [2.45, 2.75) is 77.7 Å². The highest BCUT2D eigenvalue weighted by Crippen LogP contribution is 2.77. The number of rotatable bonds is 1. The summed E-state index contributed by atoms with van der Waals surface area (Å²) in [5.41, 5.74) is 1.74. The molecular formula is C20H34S2. The molecule has 0 spiro atoms. The van der Waals surface area contributed by atoms with Gasteiger partial charge >= 0.3 is 0 Å². The average Bonchev–Trinajstić information content (AvgIpc) is 2.90. The Balaban J connectivity index is 1.76. The number of fused-ring (bicyclic) bond motifs is 4. The molecule has 4 fully saturated rings. The summed E-state index contributed by atoms with van der Waals surface area (Å²) in [5.74, 6) is 3.29. The number of hydrogen-bond acceptors (Lipinski definition) is 2. The molecule has 4 bridgehead atoms. The highest BCUT2D eigenvalue weighted by molar-refractivity contribution is 7.81. The third kappa shape index (κ3) is 1.44. The molecule has 0 N–H and O–H groups in total. The molecule has 0 aromatic carbocycles. The zero-order valence-electron chi connectivity index (χ0n) is 15.2. The first kappa shape index (κ1) is 16.2. The van der Waals surface area contributed by atoms with Gasteiger partial charge in [-0.05, 0) is 71.0 Å². The largest absolute Gasteiger partial charge is 0.175 e. The van der Waals surface area contributed by atoms with Crippen LogP contribution in [-0.2, 0) is 0 Å². The third-order valence-electron chi connectivity index (χ3n) is 10.2. The van der Waals surface area contributed by atoms with Gasteiger partial charge in [0, 0.05) is 10.5 Å². The van der Waals surface area contributed by atoms with Crippen LogP contribution in [0.25, 0.3) is 0 Å². The topological polar surface area (TPSA) is 0 Å². The Morgan fingerprint density at radius 1 is 0.636 bits per heavy atom. The summed E-state index contributed by atoms with van der Waals surface area (Å²) in [5, 5.41) is 1.14. The Labute approximate surface area is 148 Å². The van der Waals surface area contributed by atoms with Crippen molar-refractivity contribution in [3.8, 4) is 0 Å². The summed E-state index contributed by atoms with van der Waals surface area (Å²) in [6, 6.07) is 0. The van der Waals surface area contributed by atoms with Gasteiger partial charge in [-0.1, -0.05) is 41.5 Å². The van der Waals surface area contributed by atoms with Crippen LogP contribution in [0, 0.1) is 45.3 Å². The highest BCUT2D eigenvalue weighted by Gasteiger charge is 2.73. The minimum absolute atomic E-state index is 0.422. The first-order valence-electron chi connectivity index (χ1n) is 9.36. The van der Waals surface area contributed by atoms with E-state index >= 15 is 0 Å². The lowest BCUT2D eigenvalue weighted by molar-refractivity contribution is 0.128. The van der Waals surface area contributed by atoms with Crippen molar-refractivity contribution in [2.24, 2.45) is 45.3 Å². The zero-order chi connectivity index (χ0) is 16.3. The lowest BCUT2D eigenvalue weighted by Crippen LogP contribution is -2.42. The lowest BCUT2D eigenvalue weighted by Gasteiger charge is -2.43. The molecule has 2 heteroatoms. The molecule has 4 aliphatic rings. The van der Waals surface area contributed by atoms with Gasteiger partial charge < -0.3 is 0 Å². The van der Waals surface area contributed by atoms with Gasteiger partial charge in [0.1, 0.15) is 0 Å². The monoisotopic (exact) mass is 338 g/mol. The fourth-order valence-electron chi connectivity index (χ4n) is 7.78. The molecule has 4 saturated carbocycles. The third-order valence-corrected chi connectivity index (χ3v) is 12.0. The van der Waals surface area contributed by atoms with Crippen molar-refractivity contribution >= 4 is 25.3 Å². The van der Waals surface area contributed by atoms with Crippen LogP contribution in [0.5, 0.6) is 0 Å². The van der Waals surface area contributed by atoms with Crippen LogP contribution >= 0.6 is 25.3 Å². The van der Waals surface area contributed by atoms with Gasteiger partial charge in [0.05, 0.1) is 0 Å². The number of thiol groups is 2.